The largest absolute Gasteiger partial charge is 0.356 e. The summed E-state index contributed by atoms with van der Waals surface area (Å²) in [6, 6.07) is 6.01. The van der Waals surface area contributed by atoms with Crippen molar-refractivity contribution in [1.29, 1.82) is 5.26 Å². The molecule has 1 aromatic carbocycles. The summed E-state index contributed by atoms with van der Waals surface area (Å²) in [6.07, 6.45) is 4.99. The molecule has 18 heavy (non-hydrogen) atoms. The summed E-state index contributed by atoms with van der Waals surface area (Å²) in [5, 5.41) is 14.4. The fraction of sp³-hybridized carbons (Fsp3) is 0.385. The molecule has 92 valence electrons. The Kier molecular flexibility index (Phi) is 3.06. The minimum Gasteiger partial charge on any atom is -0.356 e. The molecule has 0 radical (unpaired) electrons. The van der Waals surface area contributed by atoms with Crippen LogP contribution in [0, 0.1) is 11.3 Å². The van der Waals surface area contributed by atoms with E-state index in [4.69, 9.17) is 10.00 Å². The molecule has 1 aliphatic heterocycles. The molecule has 0 spiro atoms. The first-order valence-corrected chi connectivity index (χ1v) is 6.77. The maximum atomic E-state index is 9.14. The quantitative estimate of drug-likeness (QED) is 0.811. The molecule has 0 bridgehead atoms. The smallest absolute Gasteiger partial charge is 0.150 e. The summed E-state index contributed by atoms with van der Waals surface area (Å²) in [4.78, 5) is 0. The lowest BCUT2D eigenvalue weighted by Crippen LogP contribution is -2.18. The Labute approximate surface area is 113 Å². The van der Waals surface area contributed by atoms with Crippen molar-refractivity contribution < 1.29 is 4.74 Å². The van der Waals surface area contributed by atoms with Crippen LogP contribution >= 0.6 is 15.9 Å². The van der Waals surface area contributed by atoms with Crippen LogP contribution in [-0.2, 0) is 4.74 Å². The van der Waals surface area contributed by atoms with E-state index in [1.807, 2.05) is 16.8 Å². The van der Waals surface area contributed by atoms with Crippen molar-refractivity contribution in [3.8, 4) is 6.07 Å². The molecule has 0 amide bonds. The van der Waals surface area contributed by atoms with E-state index >= 15 is 0 Å². The molecule has 2 aromatic rings. The van der Waals surface area contributed by atoms with Gasteiger partial charge in [0.25, 0.3) is 0 Å². The van der Waals surface area contributed by atoms with Crippen LogP contribution in [-0.4, -0.2) is 16.4 Å². The lowest BCUT2D eigenvalue weighted by molar-refractivity contribution is -0.0366. The molecule has 2 heterocycles. The summed E-state index contributed by atoms with van der Waals surface area (Å²) in [5.74, 6) is 0. The number of hydrogen-bond acceptors (Lipinski definition) is 3. The highest BCUT2D eigenvalue weighted by atomic mass is 79.9. The van der Waals surface area contributed by atoms with Gasteiger partial charge in [0.2, 0.25) is 0 Å². The van der Waals surface area contributed by atoms with Gasteiger partial charge in [0.05, 0.1) is 23.3 Å². The Morgan fingerprint density at radius 1 is 1.44 bits per heavy atom. The average molecular weight is 306 g/mol. The number of benzene rings is 1. The molecule has 4 nitrogen and oxygen atoms in total. The van der Waals surface area contributed by atoms with Crippen molar-refractivity contribution in [1.82, 2.24) is 9.78 Å². The van der Waals surface area contributed by atoms with E-state index in [1.165, 1.54) is 0 Å². The van der Waals surface area contributed by atoms with Gasteiger partial charge in [0.1, 0.15) is 0 Å². The maximum absolute atomic E-state index is 9.14. The number of aromatic nitrogens is 2. The van der Waals surface area contributed by atoms with E-state index in [1.54, 1.807) is 6.20 Å². The highest BCUT2D eigenvalue weighted by Gasteiger charge is 2.19. The number of rotatable bonds is 1. The van der Waals surface area contributed by atoms with Crippen molar-refractivity contribution in [3.05, 3.63) is 28.4 Å². The molecule has 1 atom stereocenters. The molecule has 1 aliphatic rings. The van der Waals surface area contributed by atoms with Gasteiger partial charge in [-0.05, 0) is 31.4 Å². The maximum Gasteiger partial charge on any atom is 0.150 e. The summed E-state index contributed by atoms with van der Waals surface area (Å²) in [7, 11) is 0. The molecule has 0 saturated carbocycles. The second-order valence-electron chi connectivity index (χ2n) is 4.41. The van der Waals surface area contributed by atoms with E-state index in [0.717, 1.165) is 41.2 Å². The first-order chi connectivity index (χ1) is 8.79. The topological polar surface area (TPSA) is 50.8 Å². The number of nitriles is 1. The van der Waals surface area contributed by atoms with Crippen LogP contribution < -0.4 is 0 Å². The standard InChI is InChI=1S/C13H12BrN3O/c14-10-5-9(7-15)11-8-16-17(12(11)6-10)13-3-1-2-4-18-13/h5-6,8,13H,1-4H2. The van der Waals surface area contributed by atoms with Crippen LogP contribution in [0.5, 0.6) is 0 Å². The number of ether oxygens (including phenoxy) is 1. The fourth-order valence-electron chi connectivity index (χ4n) is 2.35. The molecule has 3 rings (SSSR count). The Balaban J connectivity index is 2.13. The number of halogens is 1. The summed E-state index contributed by atoms with van der Waals surface area (Å²) < 4.78 is 8.53. The Hall–Kier alpha value is -1.38. The third kappa shape index (κ3) is 1.92. The van der Waals surface area contributed by atoms with E-state index in [-0.39, 0.29) is 6.23 Å². The van der Waals surface area contributed by atoms with Gasteiger partial charge in [0.15, 0.2) is 6.23 Å². The van der Waals surface area contributed by atoms with Crippen LogP contribution in [0.15, 0.2) is 22.8 Å². The van der Waals surface area contributed by atoms with Crippen molar-refractivity contribution in [2.75, 3.05) is 6.61 Å². The Morgan fingerprint density at radius 2 is 2.33 bits per heavy atom. The minimum atomic E-state index is -0.00269. The van der Waals surface area contributed by atoms with Crippen molar-refractivity contribution in [2.24, 2.45) is 0 Å². The number of nitrogens with zero attached hydrogens (tertiary/aromatic N) is 3. The van der Waals surface area contributed by atoms with E-state index in [2.05, 4.69) is 27.1 Å². The van der Waals surface area contributed by atoms with Crippen LogP contribution in [0.2, 0.25) is 0 Å². The van der Waals surface area contributed by atoms with Crippen LogP contribution in [0.3, 0.4) is 0 Å². The van der Waals surface area contributed by atoms with Gasteiger partial charge in [0, 0.05) is 16.5 Å². The van der Waals surface area contributed by atoms with Gasteiger partial charge in [-0.3, -0.25) is 0 Å². The molecule has 1 saturated heterocycles. The second kappa shape index (κ2) is 4.71. The zero-order chi connectivity index (χ0) is 12.5. The van der Waals surface area contributed by atoms with Gasteiger partial charge in [-0.15, -0.1) is 0 Å². The van der Waals surface area contributed by atoms with E-state index in [0.29, 0.717) is 5.56 Å². The molecule has 1 fully saturated rings. The van der Waals surface area contributed by atoms with Crippen LogP contribution in [0.1, 0.15) is 31.1 Å². The van der Waals surface area contributed by atoms with Gasteiger partial charge in [-0.25, -0.2) is 4.68 Å². The fourth-order valence-corrected chi connectivity index (χ4v) is 2.80. The normalized spacial score (nSPS) is 19.9. The van der Waals surface area contributed by atoms with E-state index in [9.17, 15) is 0 Å². The average Bonchev–Trinajstić information content (AvgIpc) is 2.82. The first-order valence-electron chi connectivity index (χ1n) is 5.98. The lowest BCUT2D eigenvalue weighted by Gasteiger charge is -2.23. The molecule has 0 N–H and O–H groups in total. The second-order valence-corrected chi connectivity index (χ2v) is 5.32. The third-order valence-electron chi connectivity index (χ3n) is 3.23. The molecular weight excluding hydrogens is 294 g/mol. The minimum absolute atomic E-state index is 0.00269. The van der Waals surface area contributed by atoms with Crippen molar-refractivity contribution in [2.45, 2.75) is 25.5 Å². The highest BCUT2D eigenvalue weighted by molar-refractivity contribution is 9.10. The number of fused-ring (bicyclic) bond motifs is 1. The Bertz CT molecular complexity index is 623. The van der Waals surface area contributed by atoms with Crippen LogP contribution in [0.25, 0.3) is 10.9 Å². The first kappa shape index (κ1) is 11.7. The van der Waals surface area contributed by atoms with Crippen molar-refractivity contribution in [3.63, 3.8) is 0 Å². The zero-order valence-electron chi connectivity index (χ0n) is 9.77. The van der Waals surface area contributed by atoms with Gasteiger partial charge in [-0.2, -0.15) is 10.4 Å². The predicted molar refractivity (Wildman–Crippen MR) is 71.0 cm³/mol. The Morgan fingerprint density at radius 3 is 3.06 bits per heavy atom. The summed E-state index contributed by atoms with van der Waals surface area (Å²) in [5.41, 5.74) is 1.59. The zero-order valence-corrected chi connectivity index (χ0v) is 11.4. The molecule has 1 unspecified atom stereocenters. The summed E-state index contributed by atoms with van der Waals surface area (Å²) >= 11 is 3.43. The lowest BCUT2D eigenvalue weighted by atomic mass is 10.1. The molecular formula is C13H12BrN3O. The van der Waals surface area contributed by atoms with Gasteiger partial charge < -0.3 is 4.74 Å². The monoisotopic (exact) mass is 305 g/mol. The SMILES string of the molecule is N#Cc1cc(Br)cc2c1cnn2C1CCCCO1. The van der Waals surface area contributed by atoms with Gasteiger partial charge >= 0.3 is 0 Å². The highest BCUT2D eigenvalue weighted by Crippen LogP contribution is 2.29. The summed E-state index contributed by atoms with van der Waals surface area (Å²) in [6.45, 7) is 0.783. The molecule has 5 heteroatoms. The van der Waals surface area contributed by atoms with Gasteiger partial charge in [-0.1, -0.05) is 15.9 Å². The van der Waals surface area contributed by atoms with Crippen molar-refractivity contribution >= 4 is 26.8 Å². The third-order valence-corrected chi connectivity index (χ3v) is 3.69. The van der Waals surface area contributed by atoms with E-state index < -0.39 is 0 Å². The van der Waals surface area contributed by atoms with Crippen LogP contribution in [0.4, 0.5) is 0 Å². The number of hydrogen-bond donors (Lipinski definition) is 0. The molecule has 0 aliphatic carbocycles. The molecule has 1 aromatic heterocycles. The predicted octanol–water partition coefficient (Wildman–Crippen LogP) is 3.37.